The first-order valence-electron chi connectivity index (χ1n) is 7.10. The Balaban J connectivity index is 2.26. The van der Waals surface area contributed by atoms with Crippen molar-refractivity contribution >= 4 is 5.78 Å². The summed E-state index contributed by atoms with van der Waals surface area (Å²) in [5.74, 6) is 1.33. The first-order valence-corrected chi connectivity index (χ1v) is 7.10. The lowest BCUT2D eigenvalue weighted by Crippen LogP contribution is -2.34. The molecule has 0 aromatic rings. The van der Waals surface area contributed by atoms with Gasteiger partial charge in [0.2, 0.25) is 0 Å². The number of ketones is 1. The molecule has 2 aliphatic rings. The van der Waals surface area contributed by atoms with Crippen LogP contribution in [0.1, 0.15) is 40.0 Å². The summed E-state index contributed by atoms with van der Waals surface area (Å²) in [5.41, 5.74) is 1.60. The SMILES string of the molecule is CCOC[C@H]1CC=C(C(C)C)[C@]12C=CC(=O)CC2. The van der Waals surface area contributed by atoms with Gasteiger partial charge in [-0.25, -0.2) is 0 Å². The second-order valence-electron chi connectivity index (χ2n) is 5.75. The molecule has 0 unspecified atom stereocenters. The number of carbonyl (C=O) groups is 1. The molecular formula is C16H24O2. The number of hydrogen-bond acceptors (Lipinski definition) is 2. The molecule has 2 rings (SSSR count). The van der Waals surface area contributed by atoms with Crippen LogP contribution >= 0.6 is 0 Å². The molecule has 0 aromatic carbocycles. The highest BCUT2D eigenvalue weighted by atomic mass is 16.5. The zero-order valence-electron chi connectivity index (χ0n) is 11.7. The maximum Gasteiger partial charge on any atom is 0.155 e. The van der Waals surface area contributed by atoms with Gasteiger partial charge in [-0.05, 0) is 37.7 Å². The predicted octanol–water partition coefficient (Wildman–Crippen LogP) is 3.53. The third kappa shape index (κ3) is 2.31. The van der Waals surface area contributed by atoms with Crippen LogP contribution in [0.15, 0.2) is 23.8 Å². The Hall–Kier alpha value is -0.890. The van der Waals surface area contributed by atoms with E-state index >= 15 is 0 Å². The quantitative estimate of drug-likeness (QED) is 0.711. The number of rotatable bonds is 4. The molecule has 0 N–H and O–H groups in total. The van der Waals surface area contributed by atoms with Gasteiger partial charge in [-0.3, -0.25) is 4.79 Å². The van der Waals surface area contributed by atoms with Gasteiger partial charge >= 0.3 is 0 Å². The maximum absolute atomic E-state index is 11.5. The molecule has 0 saturated carbocycles. The van der Waals surface area contributed by atoms with E-state index in [9.17, 15) is 4.79 Å². The molecule has 2 nitrogen and oxygen atoms in total. The van der Waals surface area contributed by atoms with Crippen LogP contribution in [0.3, 0.4) is 0 Å². The number of carbonyl (C=O) groups excluding carboxylic acids is 1. The number of ether oxygens (including phenoxy) is 1. The second kappa shape index (κ2) is 5.40. The highest BCUT2D eigenvalue weighted by Gasteiger charge is 2.45. The number of allylic oxidation sites excluding steroid dienone is 4. The van der Waals surface area contributed by atoms with Crippen LogP contribution in [0.4, 0.5) is 0 Å². The van der Waals surface area contributed by atoms with Crippen molar-refractivity contribution in [3.63, 3.8) is 0 Å². The van der Waals surface area contributed by atoms with Crippen LogP contribution in [0.25, 0.3) is 0 Å². The molecule has 0 saturated heterocycles. The summed E-state index contributed by atoms with van der Waals surface area (Å²) in [6.45, 7) is 8.12. The van der Waals surface area contributed by atoms with Gasteiger partial charge in [0.05, 0.1) is 6.61 Å². The van der Waals surface area contributed by atoms with E-state index in [4.69, 9.17) is 4.74 Å². The lowest BCUT2D eigenvalue weighted by Gasteiger charge is -2.39. The molecule has 2 heteroatoms. The van der Waals surface area contributed by atoms with E-state index in [1.807, 2.05) is 6.92 Å². The Morgan fingerprint density at radius 3 is 2.83 bits per heavy atom. The van der Waals surface area contributed by atoms with Crippen molar-refractivity contribution in [2.75, 3.05) is 13.2 Å². The summed E-state index contributed by atoms with van der Waals surface area (Å²) in [6, 6.07) is 0. The molecule has 0 aromatic heterocycles. The molecule has 0 fully saturated rings. The fourth-order valence-corrected chi connectivity index (χ4v) is 3.47. The van der Waals surface area contributed by atoms with E-state index in [-0.39, 0.29) is 11.2 Å². The largest absolute Gasteiger partial charge is 0.381 e. The summed E-state index contributed by atoms with van der Waals surface area (Å²) in [7, 11) is 0. The summed E-state index contributed by atoms with van der Waals surface area (Å²) < 4.78 is 5.65. The van der Waals surface area contributed by atoms with Crippen LogP contribution in [-0.2, 0) is 9.53 Å². The molecular weight excluding hydrogens is 224 g/mol. The van der Waals surface area contributed by atoms with Crippen LogP contribution < -0.4 is 0 Å². The van der Waals surface area contributed by atoms with Gasteiger partial charge in [0.25, 0.3) is 0 Å². The molecule has 2 aliphatic carbocycles. The first kappa shape index (κ1) is 13.5. The molecule has 100 valence electrons. The monoisotopic (exact) mass is 248 g/mol. The van der Waals surface area contributed by atoms with E-state index < -0.39 is 0 Å². The van der Waals surface area contributed by atoms with Crippen molar-refractivity contribution in [1.29, 1.82) is 0 Å². The third-order valence-electron chi connectivity index (χ3n) is 4.39. The maximum atomic E-state index is 11.5. The minimum Gasteiger partial charge on any atom is -0.381 e. The Labute approximate surface area is 110 Å². The summed E-state index contributed by atoms with van der Waals surface area (Å²) >= 11 is 0. The van der Waals surface area contributed by atoms with Gasteiger partial charge < -0.3 is 4.74 Å². The normalized spacial score (nSPS) is 31.4. The molecule has 0 amide bonds. The standard InChI is InChI=1S/C16H24O2/c1-4-18-11-13-5-6-15(12(2)3)16(13)9-7-14(17)8-10-16/h6-7,9,12-13H,4-5,8,10-11H2,1-3H3/t13-,16+/m1/s1. The first-order chi connectivity index (χ1) is 8.60. The summed E-state index contributed by atoms with van der Waals surface area (Å²) in [6.07, 6.45) is 9.08. The zero-order valence-corrected chi connectivity index (χ0v) is 11.7. The predicted molar refractivity (Wildman–Crippen MR) is 73.3 cm³/mol. The van der Waals surface area contributed by atoms with Crippen molar-refractivity contribution in [1.82, 2.24) is 0 Å². The van der Waals surface area contributed by atoms with Crippen LogP contribution in [-0.4, -0.2) is 19.0 Å². The van der Waals surface area contributed by atoms with Crippen molar-refractivity contribution in [2.45, 2.75) is 40.0 Å². The van der Waals surface area contributed by atoms with E-state index in [2.05, 4.69) is 26.0 Å². The highest BCUT2D eigenvalue weighted by Crippen LogP contribution is 2.52. The van der Waals surface area contributed by atoms with Gasteiger partial charge in [-0.2, -0.15) is 0 Å². The second-order valence-corrected chi connectivity index (χ2v) is 5.75. The lowest BCUT2D eigenvalue weighted by molar-refractivity contribution is -0.115. The lowest BCUT2D eigenvalue weighted by atomic mass is 9.65. The topological polar surface area (TPSA) is 26.3 Å². The molecule has 1 spiro atoms. The molecule has 18 heavy (non-hydrogen) atoms. The minimum atomic E-state index is 0.0945. The van der Waals surface area contributed by atoms with E-state index in [0.717, 1.165) is 26.1 Å². The van der Waals surface area contributed by atoms with E-state index in [1.54, 1.807) is 6.08 Å². The minimum absolute atomic E-state index is 0.0945. The van der Waals surface area contributed by atoms with E-state index in [0.29, 0.717) is 18.3 Å². The van der Waals surface area contributed by atoms with Crippen molar-refractivity contribution in [2.24, 2.45) is 17.3 Å². The summed E-state index contributed by atoms with van der Waals surface area (Å²) in [5, 5.41) is 0. The molecule has 0 bridgehead atoms. The summed E-state index contributed by atoms with van der Waals surface area (Å²) in [4.78, 5) is 11.5. The van der Waals surface area contributed by atoms with Crippen LogP contribution in [0, 0.1) is 17.3 Å². The Morgan fingerprint density at radius 1 is 1.50 bits per heavy atom. The highest BCUT2D eigenvalue weighted by molar-refractivity contribution is 5.91. The third-order valence-corrected chi connectivity index (χ3v) is 4.39. The fraction of sp³-hybridized carbons (Fsp3) is 0.688. The molecule has 0 radical (unpaired) electrons. The Morgan fingerprint density at radius 2 is 2.28 bits per heavy atom. The van der Waals surface area contributed by atoms with Gasteiger partial charge in [-0.15, -0.1) is 0 Å². The van der Waals surface area contributed by atoms with Crippen molar-refractivity contribution in [3.05, 3.63) is 23.8 Å². The van der Waals surface area contributed by atoms with Crippen LogP contribution in [0.2, 0.25) is 0 Å². The van der Waals surface area contributed by atoms with Crippen molar-refractivity contribution in [3.8, 4) is 0 Å². The number of hydrogen-bond donors (Lipinski definition) is 0. The average Bonchev–Trinajstić information content (AvgIpc) is 2.69. The average molecular weight is 248 g/mol. The smallest absolute Gasteiger partial charge is 0.155 e. The van der Waals surface area contributed by atoms with Gasteiger partial charge in [0.15, 0.2) is 5.78 Å². The Kier molecular flexibility index (Phi) is 4.06. The zero-order chi connectivity index (χ0) is 13.2. The molecule has 0 aliphatic heterocycles. The molecule has 0 heterocycles. The van der Waals surface area contributed by atoms with Gasteiger partial charge in [-0.1, -0.05) is 31.6 Å². The van der Waals surface area contributed by atoms with Crippen molar-refractivity contribution < 1.29 is 9.53 Å². The van der Waals surface area contributed by atoms with E-state index in [1.165, 1.54) is 5.57 Å². The van der Waals surface area contributed by atoms with Crippen LogP contribution in [0.5, 0.6) is 0 Å². The van der Waals surface area contributed by atoms with Gasteiger partial charge in [0.1, 0.15) is 0 Å². The Bertz CT molecular complexity index is 379. The van der Waals surface area contributed by atoms with Gasteiger partial charge in [0, 0.05) is 18.4 Å². The fourth-order valence-electron chi connectivity index (χ4n) is 3.47. The molecule has 2 atom stereocenters.